The number of thioether (sulfide) groups is 1. The van der Waals surface area contributed by atoms with Gasteiger partial charge in [0.2, 0.25) is 0 Å². The van der Waals surface area contributed by atoms with Gasteiger partial charge in [0.05, 0.1) is 6.61 Å². The van der Waals surface area contributed by atoms with E-state index in [1.54, 1.807) is 30.3 Å². The van der Waals surface area contributed by atoms with E-state index in [-0.39, 0.29) is 4.91 Å². The first kappa shape index (κ1) is 28.3. The van der Waals surface area contributed by atoms with Crippen molar-refractivity contribution >= 4 is 46.2 Å². The summed E-state index contributed by atoms with van der Waals surface area (Å²) >= 11 is 7.08. The number of carbonyl (C=O) groups is 1. The molecule has 0 amide bonds. The largest absolute Gasteiger partial charge is 0.490 e. The van der Waals surface area contributed by atoms with E-state index >= 15 is 0 Å². The number of aromatic nitrogens is 3. The van der Waals surface area contributed by atoms with Gasteiger partial charge in [-0.15, -0.1) is 10.2 Å². The normalized spacial score (nSPS) is 11.5. The van der Waals surface area contributed by atoms with E-state index in [2.05, 4.69) is 28.4 Å². The van der Waals surface area contributed by atoms with Gasteiger partial charge in [0.1, 0.15) is 11.5 Å². The Balaban J connectivity index is 1.39. The molecule has 41 heavy (non-hydrogen) atoms. The molecular weight excluding hydrogens is 558 g/mol. The van der Waals surface area contributed by atoms with Gasteiger partial charge in [-0.3, -0.25) is 0 Å². The highest BCUT2D eigenvalue weighted by atomic mass is 35.5. The summed E-state index contributed by atoms with van der Waals surface area (Å²) in [5, 5.41) is 22.0. The fourth-order valence-corrected chi connectivity index (χ4v) is 5.43. The first-order chi connectivity index (χ1) is 20.0. The van der Waals surface area contributed by atoms with Crippen molar-refractivity contribution in [3.8, 4) is 22.9 Å². The van der Waals surface area contributed by atoms with Crippen LogP contribution in [-0.4, -0.2) is 32.4 Å². The number of carboxylic acid groups (broad SMARTS) is 1. The molecule has 0 aliphatic heterocycles. The highest BCUT2D eigenvalue weighted by molar-refractivity contribution is 8.04. The lowest BCUT2D eigenvalue weighted by Crippen LogP contribution is -2.03. The molecule has 0 radical (unpaired) electrons. The molecule has 0 aliphatic carbocycles. The van der Waals surface area contributed by atoms with Crippen molar-refractivity contribution in [2.24, 2.45) is 0 Å². The average molecular weight is 586 g/mol. The van der Waals surface area contributed by atoms with Crippen molar-refractivity contribution in [3.63, 3.8) is 0 Å². The van der Waals surface area contributed by atoms with E-state index < -0.39 is 5.97 Å². The third-order valence-corrected chi connectivity index (χ3v) is 7.62. The number of hydrogen-bond acceptors (Lipinski definition) is 6. The molecule has 1 heterocycles. The minimum Gasteiger partial charge on any atom is -0.490 e. The van der Waals surface area contributed by atoms with E-state index in [1.807, 2.05) is 60.9 Å². The Morgan fingerprint density at radius 1 is 0.951 bits per heavy atom. The number of rotatable bonds is 11. The molecule has 7 nitrogen and oxygen atoms in total. The highest BCUT2D eigenvalue weighted by Crippen LogP contribution is 2.34. The number of carboxylic acids is 1. The van der Waals surface area contributed by atoms with Crippen molar-refractivity contribution < 1.29 is 19.4 Å². The Kier molecular flexibility index (Phi) is 8.91. The maximum absolute atomic E-state index is 12.2. The molecular formula is C32H28ClN3O4S. The Hall–Kier alpha value is -4.27. The van der Waals surface area contributed by atoms with Gasteiger partial charge in [0, 0.05) is 17.1 Å². The van der Waals surface area contributed by atoms with Gasteiger partial charge in [-0.05, 0) is 90.0 Å². The van der Waals surface area contributed by atoms with Crippen molar-refractivity contribution in [1.82, 2.24) is 14.8 Å². The number of fused-ring (bicyclic) bond motifs is 1. The Bertz CT molecular complexity index is 1710. The summed E-state index contributed by atoms with van der Waals surface area (Å²) in [7, 11) is 0. The molecule has 4 aromatic carbocycles. The van der Waals surface area contributed by atoms with Crippen LogP contribution in [0.4, 0.5) is 0 Å². The molecule has 0 unspecified atom stereocenters. The predicted molar refractivity (Wildman–Crippen MR) is 164 cm³/mol. The van der Waals surface area contributed by atoms with Crippen molar-refractivity contribution in [2.75, 3.05) is 6.61 Å². The van der Waals surface area contributed by atoms with Crippen LogP contribution in [0.1, 0.15) is 25.0 Å². The van der Waals surface area contributed by atoms with Crippen LogP contribution in [0.15, 0.2) is 95.0 Å². The van der Waals surface area contributed by atoms with Crippen LogP contribution in [0.3, 0.4) is 0 Å². The van der Waals surface area contributed by atoms with Crippen molar-refractivity contribution in [3.05, 3.63) is 106 Å². The van der Waals surface area contributed by atoms with E-state index in [0.717, 1.165) is 33.7 Å². The molecule has 0 saturated heterocycles. The molecule has 1 aromatic heterocycles. The zero-order valence-corrected chi connectivity index (χ0v) is 24.2. The summed E-state index contributed by atoms with van der Waals surface area (Å²) < 4.78 is 13.9. The number of nitrogens with zero attached hydrogens (tertiary/aromatic N) is 3. The van der Waals surface area contributed by atoms with Crippen LogP contribution in [0.2, 0.25) is 5.02 Å². The molecule has 9 heteroatoms. The summed E-state index contributed by atoms with van der Waals surface area (Å²) in [6, 6.07) is 27.0. The lowest BCUT2D eigenvalue weighted by molar-refractivity contribution is -0.131. The zero-order chi connectivity index (χ0) is 28.8. The van der Waals surface area contributed by atoms with Crippen LogP contribution in [0.25, 0.3) is 28.2 Å². The van der Waals surface area contributed by atoms with Gasteiger partial charge < -0.3 is 19.1 Å². The number of benzene rings is 4. The molecule has 5 rings (SSSR count). The summed E-state index contributed by atoms with van der Waals surface area (Å²) in [6.45, 7) is 5.23. The maximum Gasteiger partial charge on any atom is 0.342 e. The Morgan fingerprint density at radius 3 is 2.49 bits per heavy atom. The SMILES string of the molecule is CCOc1cc(/C=C(\Sc2nnc(-c3ccc(Cl)cc3)n2CC)C(=O)O)ccc1OCc1cccc2ccccc12. The summed E-state index contributed by atoms with van der Waals surface area (Å²) in [5.74, 6) is 0.698. The zero-order valence-electron chi connectivity index (χ0n) is 22.6. The minimum absolute atomic E-state index is 0.0987. The van der Waals surface area contributed by atoms with Crippen LogP contribution >= 0.6 is 23.4 Å². The van der Waals surface area contributed by atoms with Crippen LogP contribution in [-0.2, 0) is 17.9 Å². The molecule has 0 aliphatic rings. The van der Waals surface area contributed by atoms with Gasteiger partial charge in [0.15, 0.2) is 22.5 Å². The minimum atomic E-state index is -1.07. The summed E-state index contributed by atoms with van der Waals surface area (Å²) in [4.78, 5) is 12.3. The second-order valence-electron chi connectivity index (χ2n) is 9.04. The van der Waals surface area contributed by atoms with E-state index in [4.69, 9.17) is 21.1 Å². The lowest BCUT2D eigenvalue weighted by atomic mass is 10.1. The quantitative estimate of drug-likeness (QED) is 0.124. The van der Waals surface area contributed by atoms with Gasteiger partial charge in [-0.2, -0.15) is 0 Å². The molecule has 208 valence electrons. The molecule has 0 fully saturated rings. The smallest absolute Gasteiger partial charge is 0.342 e. The van der Waals surface area contributed by atoms with Gasteiger partial charge in [-0.25, -0.2) is 4.79 Å². The van der Waals surface area contributed by atoms with E-state index in [0.29, 0.717) is 52.8 Å². The molecule has 1 N–H and O–H groups in total. The summed E-state index contributed by atoms with van der Waals surface area (Å²) in [5.41, 5.74) is 2.57. The average Bonchev–Trinajstić information content (AvgIpc) is 3.39. The third kappa shape index (κ3) is 6.56. The monoisotopic (exact) mass is 585 g/mol. The first-order valence-corrected chi connectivity index (χ1v) is 14.3. The predicted octanol–water partition coefficient (Wildman–Crippen LogP) is 7.97. The van der Waals surface area contributed by atoms with Crippen molar-refractivity contribution in [2.45, 2.75) is 32.2 Å². The number of aliphatic carboxylic acids is 1. The maximum atomic E-state index is 12.2. The highest BCUT2D eigenvalue weighted by Gasteiger charge is 2.19. The fourth-order valence-electron chi connectivity index (χ4n) is 4.42. The van der Waals surface area contributed by atoms with E-state index in [1.165, 1.54) is 0 Å². The Labute approximate surface area is 247 Å². The molecule has 0 atom stereocenters. The second-order valence-corrected chi connectivity index (χ2v) is 10.5. The van der Waals surface area contributed by atoms with Crippen LogP contribution in [0.5, 0.6) is 11.5 Å². The number of halogens is 1. The first-order valence-electron chi connectivity index (χ1n) is 13.1. The number of ether oxygens (including phenoxy) is 2. The van der Waals surface area contributed by atoms with Gasteiger partial charge >= 0.3 is 5.97 Å². The van der Waals surface area contributed by atoms with Crippen molar-refractivity contribution in [1.29, 1.82) is 0 Å². The van der Waals surface area contributed by atoms with E-state index in [9.17, 15) is 9.90 Å². The third-order valence-electron chi connectivity index (χ3n) is 6.38. The fraction of sp³-hybridized carbons (Fsp3) is 0.156. The number of hydrogen-bond donors (Lipinski definition) is 1. The van der Waals surface area contributed by atoms with Gasteiger partial charge in [-0.1, -0.05) is 60.1 Å². The second kappa shape index (κ2) is 12.9. The molecule has 0 saturated carbocycles. The topological polar surface area (TPSA) is 86.5 Å². The van der Waals surface area contributed by atoms with Crippen LogP contribution in [0, 0.1) is 0 Å². The standard InChI is InChI=1S/C32H28ClN3O4S/c1-3-36-30(23-13-15-25(33)16-14-23)34-35-32(36)41-29(31(37)38)19-21-12-17-27(28(18-21)39-4-2)40-20-24-10-7-9-22-8-5-6-11-26(22)24/h5-19H,3-4,20H2,1-2H3,(H,37,38)/b29-19-. The summed E-state index contributed by atoms with van der Waals surface area (Å²) in [6.07, 6.45) is 1.60. The van der Waals surface area contributed by atoms with Gasteiger partial charge in [0.25, 0.3) is 0 Å². The molecule has 0 spiro atoms. The van der Waals surface area contributed by atoms with Crippen LogP contribution < -0.4 is 9.47 Å². The Morgan fingerprint density at radius 2 is 1.73 bits per heavy atom. The molecule has 5 aromatic rings. The lowest BCUT2D eigenvalue weighted by Gasteiger charge is -2.14. The molecule has 0 bridgehead atoms.